The lowest BCUT2D eigenvalue weighted by molar-refractivity contribution is -0.149. The zero-order valence-electron chi connectivity index (χ0n) is 18.9. The highest BCUT2D eigenvalue weighted by atomic mass is 35.5. The first-order valence-corrected chi connectivity index (χ1v) is 13.0. The summed E-state index contributed by atoms with van der Waals surface area (Å²) in [4.78, 5) is 17.7. The van der Waals surface area contributed by atoms with Crippen molar-refractivity contribution in [1.29, 1.82) is 0 Å². The minimum Gasteiger partial charge on any atom is -0.468 e. The number of esters is 1. The average Bonchev–Trinajstić information content (AvgIpc) is 3.16. The van der Waals surface area contributed by atoms with Crippen LogP contribution in [0, 0.1) is 11.8 Å². The Morgan fingerprint density at radius 2 is 1.80 bits per heavy atom. The number of hydrogen-bond acceptors (Lipinski definition) is 5. The highest BCUT2D eigenvalue weighted by Crippen LogP contribution is 2.32. The fraction of sp³-hybridized carbons (Fsp3) is 0.958. The van der Waals surface area contributed by atoms with E-state index in [1.54, 1.807) is 0 Å². The molecule has 4 fully saturated rings. The van der Waals surface area contributed by atoms with Crippen LogP contribution in [0.5, 0.6) is 0 Å². The zero-order valence-corrected chi connectivity index (χ0v) is 19.6. The number of ether oxygens (including phenoxy) is 1. The first-order valence-electron chi connectivity index (χ1n) is 12.6. The molecule has 3 atom stereocenters. The van der Waals surface area contributed by atoms with Gasteiger partial charge < -0.3 is 4.74 Å². The molecule has 0 aromatic rings. The average molecular weight is 440 g/mol. The molecule has 2 heterocycles. The topological polar surface area (TPSA) is 44.8 Å². The van der Waals surface area contributed by atoms with Crippen molar-refractivity contribution in [1.82, 2.24) is 15.1 Å². The molecule has 172 valence electrons. The van der Waals surface area contributed by atoms with Gasteiger partial charge in [0.25, 0.3) is 0 Å². The maximum atomic E-state index is 12.5. The molecule has 2 aliphatic carbocycles. The van der Waals surface area contributed by atoms with Gasteiger partial charge in [-0.2, -0.15) is 0 Å². The maximum Gasteiger partial charge on any atom is 0.323 e. The minimum atomic E-state index is -0.0817. The van der Waals surface area contributed by atoms with E-state index in [1.165, 1.54) is 84.3 Å². The smallest absolute Gasteiger partial charge is 0.323 e. The third-order valence-electron chi connectivity index (χ3n) is 8.35. The van der Waals surface area contributed by atoms with Crippen molar-refractivity contribution in [2.45, 2.75) is 101 Å². The number of methoxy groups -OCH3 is 1. The Bertz CT molecular complexity index is 549. The molecule has 0 spiro atoms. The second-order valence-corrected chi connectivity index (χ2v) is 11.0. The molecule has 2 saturated carbocycles. The summed E-state index contributed by atoms with van der Waals surface area (Å²) < 4.78 is 5.19. The molecular weight excluding hydrogens is 398 g/mol. The van der Waals surface area contributed by atoms with Crippen LogP contribution in [0.3, 0.4) is 0 Å². The summed E-state index contributed by atoms with van der Waals surface area (Å²) >= 11 is 6.32. The Balaban J connectivity index is 1.32. The lowest BCUT2D eigenvalue weighted by Gasteiger charge is -2.43. The lowest BCUT2D eigenvalue weighted by atomic mass is 9.85. The number of rotatable bonds is 7. The first-order chi connectivity index (χ1) is 14.6. The largest absolute Gasteiger partial charge is 0.468 e. The van der Waals surface area contributed by atoms with Crippen molar-refractivity contribution >= 4 is 17.6 Å². The first kappa shape index (κ1) is 22.8. The molecule has 0 bridgehead atoms. The van der Waals surface area contributed by atoms with Crippen LogP contribution in [0.1, 0.15) is 77.0 Å². The van der Waals surface area contributed by atoms with Crippen LogP contribution in [0.15, 0.2) is 0 Å². The summed E-state index contributed by atoms with van der Waals surface area (Å²) in [5, 5.41) is 4.10. The Hall–Kier alpha value is -0.360. The van der Waals surface area contributed by atoms with Crippen molar-refractivity contribution in [2.24, 2.45) is 11.8 Å². The van der Waals surface area contributed by atoms with Crippen LogP contribution in [0.2, 0.25) is 0 Å². The van der Waals surface area contributed by atoms with E-state index in [-0.39, 0.29) is 12.0 Å². The van der Waals surface area contributed by atoms with Crippen LogP contribution in [-0.4, -0.2) is 72.7 Å². The van der Waals surface area contributed by atoms with Crippen LogP contribution in [0.25, 0.3) is 0 Å². The lowest BCUT2D eigenvalue weighted by Crippen LogP contribution is -2.59. The molecule has 0 radical (unpaired) electrons. The van der Waals surface area contributed by atoms with Crippen molar-refractivity contribution < 1.29 is 9.53 Å². The molecule has 0 aromatic carbocycles. The van der Waals surface area contributed by atoms with E-state index in [1.807, 2.05) is 0 Å². The highest BCUT2D eigenvalue weighted by Gasteiger charge is 2.45. The van der Waals surface area contributed by atoms with Gasteiger partial charge in [-0.25, -0.2) is 0 Å². The van der Waals surface area contributed by atoms with Gasteiger partial charge in [0.1, 0.15) is 6.04 Å². The summed E-state index contributed by atoms with van der Waals surface area (Å²) in [5.74, 6) is 1.64. The standard InChI is InChI=1S/C24H42ClN3O2/c1-30-24(29)22-14-21-23(16-27(22)13-5-8-18-6-3-2-4-7-18)28(17-26-21)15-19-9-11-20(25)12-10-19/h18-23,26H,2-17H2,1H3/t19?,20?,21?,22-,23?/m1/s1. The van der Waals surface area contributed by atoms with Crippen LogP contribution in [0.4, 0.5) is 0 Å². The predicted octanol–water partition coefficient (Wildman–Crippen LogP) is 3.99. The fourth-order valence-corrected chi connectivity index (χ4v) is 6.76. The van der Waals surface area contributed by atoms with Gasteiger partial charge in [-0.3, -0.25) is 19.9 Å². The van der Waals surface area contributed by atoms with Gasteiger partial charge in [-0.15, -0.1) is 11.6 Å². The van der Waals surface area contributed by atoms with E-state index < -0.39 is 0 Å². The molecule has 0 aromatic heterocycles. The second kappa shape index (κ2) is 11.0. The summed E-state index contributed by atoms with van der Waals surface area (Å²) in [5.41, 5.74) is 0. The third kappa shape index (κ3) is 5.70. The SMILES string of the molecule is COC(=O)[C@H]1CC2NCN(CC3CCC(Cl)CC3)C2CN1CCCC1CCCCC1. The highest BCUT2D eigenvalue weighted by molar-refractivity contribution is 6.20. The fourth-order valence-electron chi connectivity index (χ4n) is 6.51. The Morgan fingerprint density at radius 3 is 2.53 bits per heavy atom. The molecule has 4 aliphatic rings. The van der Waals surface area contributed by atoms with Gasteiger partial charge >= 0.3 is 5.97 Å². The van der Waals surface area contributed by atoms with Gasteiger partial charge in [0.2, 0.25) is 0 Å². The van der Waals surface area contributed by atoms with E-state index in [4.69, 9.17) is 16.3 Å². The van der Waals surface area contributed by atoms with E-state index in [0.717, 1.165) is 38.0 Å². The monoisotopic (exact) mass is 439 g/mol. The Morgan fingerprint density at radius 1 is 1.03 bits per heavy atom. The van der Waals surface area contributed by atoms with E-state index in [0.29, 0.717) is 17.5 Å². The zero-order chi connectivity index (χ0) is 20.9. The van der Waals surface area contributed by atoms with Gasteiger partial charge in [0.05, 0.1) is 7.11 Å². The van der Waals surface area contributed by atoms with Crippen LogP contribution >= 0.6 is 11.6 Å². The van der Waals surface area contributed by atoms with E-state index in [9.17, 15) is 4.79 Å². The molecule has 4 rings (SSSR count). The molecule has 2 aliphatic heterocycles. The van der Waals surface area contributed by atoms with Crippen LogP contribution in [-0.2, 0) is 9.53 Å². The number of halogens is 1. The molecule has 30 heavy (non-hydrogen) atoms. The summed E-state index contributed by atoms with van der Waals surface area (Å²) in [6.45, 7) is 4.16. The molecule has 1 N–H and O–H groups in total. The molecule has 2 saturated heterocycles. The van der Waals surface area contributed by atoms with Crippen LogP contribution < -0.4 is 5.32 Å². The Labute approximate surface area is 188 Å². The van der Waals surface area contributed by atoms with Gasteiger partial charge in [0.15, 0.2) is 0 Å². The molecular formula is C24H42ClN3O2. The minimum absolute atomic E-state index is 0.0493. The number of alkyl halides is 1. The van der Waals surface area contributed by atoms with E-state index >= 15 is 0 Å². The van der Waals surface area contributed by atoms with Gasteiger partial charge in [0, 0.05) is 37.2 Å². The van der Waals surface area contributed by atoms with Crippen molar-refractivity contribution in [3.8, 4) is 0 Å². The summed E-state index contributed by atoms with van der Waals surface area (Å²) in [7, 11) is 1.54. The number of carbonyl (C=O) groups is 1. The molecule has 5 nitrogen and oxygen atoms in total. The number of piperidine rings is 1. The van der Waals surface area contributed by atoms with Crippen molar-refractivity contribution in [2.75, 3.05) is 33.4 Å². The quantitative estimate of drug-likeness (QED) is 0.480. The number of nitrogens with zero attached hydrogens (tertiary/aromatic N) is 2. The number of nitrogens with one attached hydrogen (secondary N) is 1. The summed E-state index contributed by atoms with van der Waals surface area (Å²) in [6, 6.07) is 0.851. The molecule has 0 amide bonds. The van der Waals surface area contributed by atoms with E-state index in [2.05, 4.69) is 15.1 Å². The number of fused-ring (bicyclic) bond motifs is 1. The van der Waals surface area contributed by atoms with Crippen molar-refractivity contribution in [3.05, 3.63) is 0 Å². The third-order valence-corrected chi connectivity index (χ3v) is 8.79. The van der Waals surface area contributed by atoms with Gasteiger partial charge in [-0.05, 0) is 63.3 Å². The molecule has 6 heteroatoms. The summed E-state index contributed by atoms with van der Waals surface area (Å²) in [6.07, 6.45) is 15.3. The number of carbonyl (C=O) groups excluding carboxylic acids is 1. The van der Waals surface area contributed by atoms with Crippen molar-refractivity contribution in [3.63, 3.8) is 0 Å². The Kier molecular flexibility index (Phi) is 8.35. The maximum absolute atomic E-state index is 12.5. The normalized spacial score (nSPS) is 36.5. The predicted molar refractivity (Wildman–Crippen MR) is 122 cm³/mol. The second-order valence-electron chi connectivity index (χ2n) is 10.3. The number of likely N-dealkylation sites (tertiary alicyclic amines) is 1. The molecule has 2 unspecified atom stereocenters. The number of hydrogen-bond donors (Lipinski definition) is 1. The van der Waals surface area contributed by atoms with Gasteiger partial charge in [-0.1, -0.05) is 32.1 Å².